The van der Waals surface area contributed by atoms with E-state index in [0.29, 0.717) is 5.88 Å². The standard InChI is InChI=1S/C11H15BrN2O/c12-10-4-3-5-13-11(10)15-9-8-14-6-1-2-7-14/h3-5H,1-2,6-9H2. The molecule has 0 saturated carbocycles. The summed E-state index contributed by atoms with van der Waals surface area (Å²) in [5, 5.41) is 0. The molecule has 0 N–H and O–H groups in total. The van der Waals surface area contributed by atoms with Gasteiger partial charge in [-0.25, -0.2) is 4.98 Å². The zero-order valence-electron chi connectivity index (χ0n) is 8.66. The van der Waals surface area contributed by atoms with Gasteiger partial charge in [0.25, 0.3) is 0 Å². The normalized spacial score (nSPS) is 16.9. The fraction of sp³-hybridized carbons (Fsp3) is 0.545. The second kappa shape index (κ2) is 5.47. The molecule has 2 heterocycles. The first-order valence-corrected chi connectivity index (χ1v) is 6.11. The molecule has 1 aliphatic rings. The molecular formula is C11H15BrN2O. The van der Waals surface area contributed by atoms with Gasteiger partial charge in [0.05, 0.1) is 4.47 Å². The molecule has 0 bridgehead atoms. The van der Waals surface area contributed by atoms with E-state index in [0.717, 1.165) is 17.6 Å². The molecule has 1 aromatic heterocycles. The number of ether oxygens (including phenoxy) is 1. The number of nitrogens with zero attached hydrogens (tertiary/aromatic N) is 2. The molecule has 0 aromatic carbocycles. The van der Waals surface area contributed by atoms with Gasteiger partial charge in [-0.3, -0.25) is 4.90 Å². The molecule has 1 aromatic rings. The Balaban J connectivity index is 1.75. The summed E-state index contributed by atoms with van der Waals surface area (Å²) >= 11 is 3.41. The van der Waals surface area contributed by atoms with E-state index in [9.17, 15) is 0 Å². The first-order chi connectivity index (χ1) is 7.36. The molecule has 0 amide bonds. The Kier molecular flexibility index (Phi) is 3.97. The fourth-order valence-corrected chi connectivity index (χ4v) is 2.12. The van der Waals surface area contributed by atoms with Crippen molar-refractivity contribution in [1.82, 2.24) is 9.88 Å². The number of rotatable bonds is 4. The molecule has 2 rings (SSSR count). The lowest BCUT2D eigenvalue weighted by molar-refractivity contribution is 0.231. The molecule has 1 fully saturated rings. The molecule has 1 aliphatic heterocycles. The van der Waals surface area contributed by atoms with Crippen LogP contribution in [0.1, 0.15) is 12.8 Å². The number of hydrogen-bond acceptors (Lipinski definition) is 3. The minimum atomic E-state index is 0.691. The Hall–Kier alpha value is -0.610. The predicted molar refractivity (Wildman–Crippen MR) is 63.1 cm³/mol. The largest absolute Gasteiger partial charge is 0.476 e. The highest BCUT2D eigenvalue weighted by atomic mass is 79.9. The van der Waals surface area contributed by atoms with Crippen molar-refractivity contribution < 1.29 is 4.74 Å². The first-order valence-electron chi connectivity index (χ1n) is 5.32. The van der Waals surface area contributed by atoms with Gasteiger partial charge in [-0.1, -0.05) is 0 Å². The summed E-state index contributed by atoms with van der Waals surface area (Å²) in [5.74, 6) is 0.691. The van der Waals surface area contributed by atoms with Crippen molar-refractivity contribution in [2.75, 3.05) is 26.2 Å². The zero-order chi connectivity index (χ0) is 10.5. The Morgan fingerprint density at radius 3 is 2.93 bits per heavy atom. The van der Waals surface area contributed by atoms with Crippen molar-refractivity contribution in [2.24, 2.45) is 0 Å². The van der Waals surface area contributed by atoms with Gasteiger partial charge in [0.1, 0.15) is 6.61 Å². The third kappa shape index (κ3) is 3.18. The van der Waals surface area contributed by atoms with Gasteiger partial charge in [-0.05, 0) is 54.0 Å². The van der Waals surface area contributed by atoms with Crippen LogP contribution in [-0.2, 0) is 0 Å². The number of halogens is 1. The molecule has 0 unspecified atom stereocenters. The van der Waals surface area contributed by atoms with Crippen LogP contribution < -0.4 is 4.74 Å². The summed E-state index contributed by atoms with van der Waals surface area (Å²) in [6.45, 7) is 4.15. The average Bonchev–Trinajstić information content (AvgIpc) is 2.74. The number of pyridine rings is 1. The first kappa shape index (κ1) is 10.9. The number of aromatic nitrogens is 1. The van der Waals surface area contributed by atoms with Gasteiger partial charge in [0.2, 0.25) is 5.88 Å². The van der Waals surface area contributed by atoms with Crippen molar-refractivity contribution in [3.63, 3.8) is 0 Å². The second-order valence-corrected chi connectivity index (χ2v) is 4.54. The summed E-state index contributed by atoms with van der Waals surface area (Å²) in [6.07, 6.45) is 4.40. The predicted octanol–water partition coefficient (Wildman–Crippen LogP) is 2.32. The van der Waals surface area contributed by atoms with Crippen molar-refractivity contribution in [3.8, 4) is 5.88 Å². The number of likely N-dealkylation sites (tertiary alicyclic amines) is 1. The Morgan fingerprint density at radius 2 is 2.20 bits per heavy atom. The second-order valence-electron chi connectivity index (χ2n) is 3.69. The quantitative estimate of drug-likeness (QED) is 0.840. The summed E-state index contributed by atoms with van der Waals surface area (Å²) < 4.78 is 6.52. The van der Waals surface area contributed by atoms with Crippen LogP contribution in [0.3, 0.4) is 0 Å². The van der Waals surface area contributed by atoms with E-state index in [4.69, 9.17) is 4.74 Å². The Morgan fingerprint density at radius 1 is 1.40 bits per heavy atom. The van der Waals surface area contributed by atoms with Crippen LogP contribution in [0.5, 0.6) is 5.88 Å². The summed E-state index contributed by atoms with van der Waals surface area (Å²) in [4.78, 5) is 6.58. The third-order valence-electron chi connectivity index (χ3n) is 2.57. The molecule has 82 valence electrons. The van der Waals surface area contributed by atoms with Gasteiger partial charge < -0.3 is 4.74 Å². The smallest absolute Gasteiger partial charge is 0.227 e. The Bertz CT molecular complexity index is 313. The molecule has 3 nitrogen and oxygen atoms in total. The third-order valence-corrected chi connectivity index (χ3v) is 3.17. The van der Waals surface area contributed by atoms with Crippen LogP contribution in [-0.4, -0.2) is 36.1 Å². The summed E-state index contributed by atoms with van der Waals surface area (Å²) in [6, 6.07) is 3.83. The van der Waals surface area contributed by atoms with Crippen LogP contribution in [0.2, 0.25) is 0 Å². The molecule has 0 radical (unpaired) electrons. The molecular weight excluding hydrogens is 256 g/mol. The van der Waals surface area contributed by atoms with Gasteiger partial charge in [-0.2, -0.15) is 0 Å². The highest BCUT2D eigenvalue weighted by molar-refractivity contribution is 9.10. The van der Waals surface area contributed by atoms with Crippen molar-refractivity contribution in [3.05, 3.63) is 22.8 Å². The van der Waals surface area contributed by atoms with Gasteiger partial charge in [0, 0.05) is 12.7 Å². The summed E-state index contributed by atoms with van der Waals surface area (Å²) in [7, 11) is 0. The van der Waals surface area contributed by atoms with Gasteiger partial charge in [0.15, 0.2) is 0 Å². The van der Waals surface area contributed by atoms with E-state index in [2.05, 4.69) is 25.8 Å². The highest BCUT2D eigenvalue weighted by Crippen LogP contribution is 2.20. The molecule has 0 aliphatic carbocycles. The van der Waals surface area contributed by atoms with Crippen LogP contribution in [0, 0.1) is 0 Å². The molecule has 15 heavy (non-hydrogen) atoms. The molecule has 1 saturated heterocycles. The maximum atomic E-state index is 5.60. The van der Waals surface area contributed by atoms with E-state index in [1.807, 2.05) is 12.1 Å². The fourth-order valence-electron chi connectivity index (χ4n) is 1.76. The zero-order valence-corrected chi connectivity index (χ0v) is 10.2. The highest BCUT2D eigenvalue weighted by Gasteiger charge is 2.11. The van der Waals surface area contributed by atoms with Gasteiger partial charge >= 0.3 is 0 Å². The van der Waals surface area contributed by atoms with E-state index in [1.165, 1.54) is 25.9 Å². The lowest BCUT2D eigenvalue weighted by atomic mass is 10.4. The number of hydrogen-bond donors (Lipinski definition) is 0. The SMILES string of the molecule is Brc1cccnc1OCCN1CCCC1. The molecule has 0 spiro atoms. The van der Waals surface area contributed by atoms with Crippen molar-refractivity contribution in [2.45, 2.75) is 12.8 Å². The monoisotopic (exact) mass is 270 g/mol. The average molecular weight is 271 g/mol. The van der Waals surface area contributed by atoms with Crippen molar-refractivity contribution >= 4 is 15.9 Å². The summed E-state index contributed by atoms with van der Waals surface area (Å²) in [5.41, 5.74) is 0. The van der Waals surface area contributed by atoms with Crippen LogP contribution in [0.4, 0.5) is 0 Å². The topological polar surface area (TPSA) is 25.4 Å². The van der Waals surface area contributed by atoms with E-state index >= 15 is 0 Å². The lowest BCUT2D eigenvalue weighted by Crippen LogP contribution is -2.25. The molecule has 0 atom stereocenters. The van der Waals surface area contributed by atoms with Crippen molar-refractivity contribution in [1.29, 1.82) is 0 Å². The maximum absolute atomic E-state index is 5.60. The Labute approximate surface area is 98.6 Å². The van der Waals surface area contributed by atoms with Crippen LogP contribution in [0.15, 0.2) is 22.8 Å². The van der Waals surface area contributed by atoms with E-state index < -0.39 is 0 Å². The van der Waals surface area contributed by atoms with Crippen LogP contribution in [0.25, 0.3) is 0 Å². The van der Waals surface area contributed by atoms with Gasteiger partial charge in [-0.15, -0.1) is 0 Å². The molecule has 4 heteroatoms. The lowest BCUT2D eigenvalue weighted by Gasteiger charge is -2.14. The minimum absolute atomic E-state index is 0.691. The van der Waals surface area contributed by atoms with E-state index in [1.54, 1.807) is 6.20 Å². The maximum Gasteiger partial charge on any atom is 0.227 e. The minimum Gasteiger partial charge on any atom is -0.476 e. The van der Waals surface area contributed by atoms with E-state index in [-0.39, 0.29) is 0 Å². The van der Waals surface area contributed by atoms with Crippen LogP contribution >= 0.6 is 15.9 Å².